The van der Waals surface area contributed by atoms with Crippen molar-refractivity contribution in [2.75, 3.05) is 25.0 Å². The van der Waals surface area contributed by atoms with Crippen LogP contribution in [-0.4, -0.2) is 41.0 Å². The van der Waals surface area contributed by atoms with Crippen molar-refractivity contribution in [3.05, 3.63) is 35.8 Å². The van der Waals surface area contributed by atoms with E-state index in [0.717, 1.165) is 42.0 Å². The van der Waals surface area contributed by atoms with Crippen LogP contribution in [0.3, 0.4) is 0 Å². The fourth-order valence-corrected chi connectivity index (χ4v) is 3.13. The van der Waals surface area contributed by atoms with Crippen molar-refractivity contribution >= 4 is 11.7 Å². The highest BCUT2D eigenvalue weighted by molar-refractivity contribution is 5.79. The van der Waals surface area contributed by atoms with Gasteiger partial charge in [-0.1, -0.05) is 0 Å². The van der Waals surface area contributed by atoms with Crippen molar-refractivity contribution in [1.82, 2.24) is 20.3 Å². The average Bonchev–Trinajstić information content (AvgIpc) is 2.64. The van der Waals surface area contributed by atoms with Gasteiger partial charge in [0.25, 0.3) is 0 Å². The van der Waals surface area contributed by atoms with Crippen molar-refractivity contribution in [3.63, 3.8) is 0 Å². The molecule has 1 aliphatic rings. The molecule has 0 unspecified atom stereocenters. The second-order valence-electron chi connectivity index (χ2n) is 6.22. The minimum absolute atomic E-state index is 0.0141. The van der Waals surface area contributed by atoms with Crippen LogP contribution in [-0.2, 0) is 4.79 Å². The summed E-state index contributed by atoms with van der Waals surface area (Å²) in [5.74, 6) is 1.73. The first-order valence-electron chi connectivity index (χ1n) is 8.32. The van der Waals surface area contributed by atoms with Crippen LogP contribution in [0.25, 0.3) is 11.4 Å². The van der Waals surface area contributed by atoms with Gasteiger partial charge in [-0.25, -0.2) is 9.97 Å². The van der Waals surface area contributed by atoms with E-state index in [1.54, 1.807) is 19.4 Å². The molecule has 2 aromatic rings. The number of amides is 1. The minimum Gasteiger partial charge on any atom is -0.359 e. The highest BCUT2D eigenvalue weighted by Gasteiger charge is 2.27. The van der Waals surface area contributed by atoms with Crippen molar-refractivity contribution < 1.29 is 4.79 Å². The van der Waals surface area contributed by atoms with Crippen LogP contribution < -0.4 is 10.2 Å². The Kier molecular flexibility index (Phi) is 4.74. The molecule has 3 rings (SSSR count). The third kappa shape index (κ3) is 3.22. The van der Waals surface area contributed by atoms with E-state index < -0.39 is 0 Å². The Balaban J connectivity index is 1.95. The molecule has 2 aromatic heterocycles. The van der Waals surface area contributed by atoms with Gasteiger partial charge in [-0.2, -0.15) is 0 Å². The third-order valence-electron chi connectivity index (χ3n) is 4.62. The van der Waals surface area contributed by atoms with Crippen molar-refractivity contribution in [3.8, 4) is 11.4 Å². The molecule has 24 heavy (non-hydrogen) atoms. The number of nitrogens with one attached hydrogen (secondary N) is 1. The summed E-state index contributed by atoms with van der Waals surface area (Å²) in [6, 6.07) is 3.85. The van der Waals surface area contributed by atoms with Gasteiger partial charge in [0.2, 0.25) is 5.91 Å². The summed E-state index contributed by atoms with van der Waals surface area (Å²) in [6.07, 6.45) is 5.43. The molecule has 126 valence electrons. The van der Waals surface area contributed by atoms with E-state index in [9.17, 15) is 4.79 Å². The topological polar surface area (TPSA) is 71.0 Å². The molecule has 0 radical (unpaired) electrons. The largest absolute Gasteiger partial charge is 0.359 e. The summed E-state index contributed by atoms with van der Waals surface area (Å²) in [6.45, 7) is 5.66. The molecule has 6 heteroatoms. The Morgan fingerprint density at radius 1 is 1.33 bits per heavy atom. The molecule has 0 aliphatic carbocycles. The van der Waals surface area contributed by atoms with E-state index in [1.165, 1.54) is 0 Å². The summed E-state index contributed by atoms with van der Waals surface area (Å²) in [7, 11) is 1.70. The van der Waals surface area contributed by atoms with Crippen LogP contribution in [0.15, 0.2) is 24.5 Å². The average molecular weight is 325 g/mol. The van der Waals surface area contributed by atoms with Gasteiger partial charge in [0.05, 0.1) is 5.92 Å². The first-order valence-corrected chi connectivity index (χ1v) is 8.32. The number of hydrogen-bond acceptors (Lipinski definition) is 5. The van der Waals surface area contributed by atoms with E-state index in [2.05, 4.69) is 20.2 Å². The van der Waals surface area contributed by atoms with Crippen LogP contribution in [0.2, 0.25) is 0 Å². The number of carbonyl (C=O) groups excluding carboxylic acids is 1. The molecule has 1 N–H and O–H groups in total. The predicted octanol–water partition coefficient (Wildman–Crippen LogP) is 2.12. The normalized spacial score (nSPS) is 17.6. The number of piperidine rings is 1. The molecule has 0 spiro atoms. The summed E-state index contributed by atoms with van der Waals surface area (Å²) >= 11 is 0. The van der Waals surface area contributed by atoms with Gasteiger partial charge < -0.3 is 10.2 Å². The van der Waals surface area contributed by atoms with Gasteiger partial charge in [-0.05, 0) is 38.8 Å². The number of aryl methyl sites for hydroxylation is 1. The molecule has 3 heterocycles. The lowest BCUT2D eigenvalue weighted by Crippen LogP contribution is -2.42. The molecular weight excluding hydrogens is 302 g/mol. The van der Waals surface area contributed by atoms with E-state index in [-0.39, 0.29) is 11.8 Å². The third-order valence-corrected chi connectivity index (χ3v) is 4.62. The number of anilines is 1. The van der Waals surface area contributed by atoms with E-state index >= 15 is 0 Å². The molecule has 1 aliphatic heterocycles. The first-order chi connectivity index (χ1) is 11.6. The van der Waals surface area contributed by atoms with Crippen molar-refractivity contribution in [1.29, 1.82) is 0 Å². The summed E-state index contributed by atoms with van der Waals surface area (Å²) < 4.78 is 0. The lowest BCUT2D eigenvalue weighted by atomic mass is 9.97. The lowest BCUT2D eigenvalue weighted by molar-refractivity contribution is -0.124. The maximum absolute atomic E-state index is 12.0. The molecule has 1 saturated heterocycles. The molecule has 1 fully saturated rings. The standard InChI is InChI=1S/C18H23N5O/c1-12-13(2)21-16(14-6-4-8-20-10-14)22-17(12)23-9-5-7-15(11-23)18(24)19-3/h4,6,8,10,15H,5,7,9,11H2,1-3H3,(H,19,24)/t15-/m0/s1. The van der Waals surface area contributed by atoms with Crippen LogP contribution in [0.5, 0.6) is 0 Å². The number of pyridine rings is 1. The molecule has 0 aromatic carbocycles. The Morgan fingerprint density at radius 2 is 2.17 bits per heavy atom. The molecular formula is C18H23N5O. The summed E-state index contributed by atoms with van der Waals surface area (Å²) in [4.78, 5) is 27.8. The number of aromatic nitrogens is 3. The molecule has 6 nitrogen and oxygen atoms in total. The maximum Gasteiger partial charge on any atom is 0.224 e. The SMILES string of the molecule is CNC(=O)[C@H]1CCCN(c2nc(-c3cccnc3)nc(C)c2C)C1. The number of carbonyl (C=O) groups is 1. The lowest BCUT2D eigenvalue weighted by Gasteiger charge is -2.33. The Labute approximate surface area is 142 Å². The zero-order valence-corrected chi connectivity index (χ0v) is 14.4. The number of rotatable bonds is 3. The Hall–Kier alpha value is -2.50. The summed E-state index contributed by atoms with van der Waals surface area (Å²) in [5.41, 5.74) is 2.93. The Bertz CT molecular complexity index is 732. The van der Waals surface area contributed by atoms with Crippen molar-refractivity contribution in [2.24, 2.45) is 5.92 Å². The quantitative estimate of drug-likeness (QED) is 0.936. The monoisotopic (exact) mass is 325 g/mol. The van der Waals surface area contributed by atoms with Crippen LogP contribution in [0.4, 0.5) is 5.82 Å². The van der Waals surface area contributed by atoms with Gasteiger partial charge >= 0.3 is 0 Å². The zero-order chi connectivity index (χ0) is 17.1. The molecule has 0 saturated carbocycles. The maximum atomic E-state index is 12.0. The van der Waals surface area contributed by atoms with E-state index in [0.29, 0.717) is 12.4 Å². The second kappa shape index (κ2) is 6.95. The number of nitrogens with zero attached hydrogens (tertiary/aromatic N) is 4. The highest BCUT2D eigenvalue weighted by Crippen LogP contribution is 2.28. The first kappa shape index (κ1) is 16.4. The van der Waals surface area contributed by atoms with Gasteiger partial charge in [-0.15, -0.1) is 0 Å². The van der Waals surface area contributed by atoms with Crippen molar-refractivity contribution in [2.45, 2.75) is 26.7 Å². The molecule has 1 atom stereocenters. The van der Waals surface area contributed by atoms with Gasteiger partial charge in [0.15, 0.2) is 5.82 Å². The minimum atomic E-state index is 0.0141. The van der Waals surface area contributed by atoms with Crippen LogP contribution >= 0.6 is 0 Å². The predicted molar refractivity (Wildman–Crippen MR) is 93.7 cm³/mol. The zero-order valence-electron chi connectivity index (χ0n) is 14.4. The highest BCUT2D eigenvalue weighted by atomic mass is 16.1. The molecule has 0 bridgehead atoms. The fourth-order valence-electron chi connectivity index (χ4n) is 3.13. The van der Waals surface area contributed by atoms with Crippen LogP contribution in [0, 0.1) is 19.8 Å². The van der Waals surface area contributed by atoms with Crippen LogP contribution in [0.1, 0.15) is 24.1 Å². The smallest absolute Gasteiger partial charge is 0.224 e. The van der Waals surface area contributed by atoms with E-state index in [1.807, 2.05) is 26.0 Å². The van der Waals surface area contributed by atoms with Gasteiger partial charge in [0, 0.05) is 49.4 Å². The summed E-state index contributed by atoms with van der Waals surface area (Å²) in [5, 5.41) is 2.76. The fraction of sp³-hybridized carbons (Fsp3) is 0.444. The Morgan fingerprint density at radius 3 is 2.88 bits per heavy atom. The molecule has 1 amide bonds. The van der Waals surface area contributed by atoms with E-state index in [4.69, 9.17) is 4.98 Å². The van der Waals surface area contributed by atoms with Gasteiger partial charge in [0.1, 0.15) is 5.82 Å². The van der Waals surface area contributed by atoms with Gasteiger partial charge in [-0.3, -0.25) is 9.78 Å². The number of hydrogen-bond donors (Lipinski definition) is 1. The second-order valence-corrected chi connectivity index (χ2v) is 6.22.